The molecule has 0 amide bonds. The van der Waals surface area contributed by atoms with Crippen LogP contribution in [0.2, 0.25) is 0 Å². The molecule has 3 nitrogen and oxygen atoms in total. The molecule has 5 heteroatoms. The number of piperidine rings is 1. The van der Waals surface area contributed by atoms with Crippen LogP contribution < -0.4 is 5.32 Å². The Labute approximate surface area is 127 Å². The molecule has 0 unspecified atom stereocenters. The lowest BCUT2D eigenvalue weighted by Crippen LogP contribution is -2.36. The Balaban J connectivity index is 0.00000180. The van der Waals surface area contributed by atoms with E-state index < -0.39 is 0 Å². The normalized spacial score (nSPS) is 17.4. The van der Waals surface area contributed by atoms with Gasteiger partial charge < -0.3 is 5.32 Å². The molecule has 2 rings (SSSR count). The van der Waals surface area contributed by atoms with Crippen LogP contribution >= 0.6 is 23.7 Å². The van der Waals surface area contributed by atoms with Crippen LogP contribution in [0.1, 0.15) is 35.3 Å². The maximum absolute atomic E-state index is 4.51. The predicted molar refractivity (Wildman–Crippen MR) is 85.4 cm³/mol. The molecule has 1 aliphatic heterocycles. The Kier molecular flexibility index (Phi) is 7.29. The van der Waals surface area contributed by atoms with Crippen LogP contribution in [-0.4, -0.2) is 36.1 Å². The molecule has 1 fully saturated rings. The summed E-state index contributed by atoms with van der Waals surface area (Å²) < 4.78 is 0. The minimum Gasteiger partial charge on any atom is -0.317 e. The molecule has 1 saturated heterocycles. The van der Waals surface area contributed by atoms with Crippen molar-refractivity contribution in [2.75, 3.05) is 26.2 Å². The molecule has 0 radical (unpaired) electrons. The number of likely N-dealkylation sites (tertiary alicyclic amines) is 1. The first-order chi connectivity index (χ1) is 8.69. The number of rotatable bonds is 5. The zero-order chi connectivity index (χ0) is 13.0. The van der Waals surface area contributed by atoms with E-state index in [9.17, 15) is 0 Å². The van der Waals surface area contributed by atoms with E-state index in [1.54, 1.807) is 0 Å². The third-order valence-electron chi connectivity index (χ3n) is 3.76. The molecule has 0 aliphatic carbocycles. The number of aryl methyl sites for hydroxylation is 2. The van der Waals surface area contributed by atoms with Gasteiger partial charge in [0, 0.05) is 11.4 Å². The van der Waals surface area contributed by atoms with E-state index in [1.165, 1.54) is 48.1 Å². The molecule has 1 aromatic rings. The quantitative estimate of drug-likeness (QED) is 0.906. The smallest absolute Gasteiger partial charge is 0.0900 e. The van der Waals surface area contributed by atoms with Gasteiger partial charge in [0.1, 0.15) is 0 Å². The zero-order valence-electron chi connectivity index (χ0n) is 12.2. The second kappa shape index (κ2) is 8.20. The van der Waals surface area contributed by atoms with Crippen LogP contribution in [0.4, 0.5) is 0 Å². The van der Waals surface area contributed by atoms with Gasteiger partial charge in [0.05, 0.1) is 10.7 Å². The summed E-state index contributed by atoms with van der Waals surface area (Å²) in [4.78, 5) is 8.56. The molecule has 110 valence electrons. The minimum absolute atomic E-state index is 0. The minimum atomic E-state index is 0. The lowest BCUT2D eigenvalue weighted by molar-refractivity contribution is 0.177. The van der Waals surface area contributed by atoms with Gasteiger partial charge in [-0.15, -0.1) is 23.7 Å². The summed E-state index contributed by atoms with van der Waals surface area (Å²) in [6.45, 7) is 12.3. The van der Waals surface area contributed by atoms with Gasteiger partial charge in [0.25, 0.3) is 0 Å². The van der Waals surface area contributed by atoms with E-state index in [0.717, 1.165) is 19.0 Å². The largest absolute Gasteiger partial charge is 0.317 e. The van der Waals surface area contributed by atoms with Crippen molar-refractivity contribution in [1.82, 2.24) is 15.2 Å². The summed E-state index contributed by atoms with van der Waals surface area (Å²) in [6, 6.07) is 0. The highest BCUT2D eigenvalue weighted by molar-refractivity contribution is 7.11. The maximum Gasteiger partial charge on any atom is 0.0900 e. The highest BCUT2D eigenvalue weighted by Crippen LogP contribution is 2.23. The first-order valence-corrected chi connectivity index (χ1v) is 7.86. The van der Waals surface area contributed by atoms with Crippen molar-refractivity contribution < 1.29 is 0 Å². The number of nitrogens with one attached hydrogen (secondary N) is 1. The molecule has 19 heavy (non-hydrogen) atoms. The molecule has 0 aromatic carbocycles. The van der Waals surface area contributed by atoms with Gasteiger partial charge in [-0.3, -0.25) is 4.90 Å². The number of thiazole rings is 1. The number of aromatic nitrogens is 1. The van der Waals surface area contributed by atoms with E-state index in [0.29, 0.717) is 0 Å². The SMILES string of the molecule is CCNCC1CCN(Cc2sc(C)nc2C)CC1.Cl. The molecule has 1 aliphatic rings. The molecule has 0 atom stereocenters. The Morgan fingerprint density at radius 2 is 2.00 bits per heavy atom. The van der Waals surface area contributed by atoms with Gasteiger partial charge in [0.2, 0.25) is 0 Å². The Morgan fingerprint density at radius 1 is 1.32 bits per heavy atom. The van der Waals surface area contributed by atoms with Crippen LogP contribution in [0.5, 0.6) is 0 Å². The average molecular weight is 304 g/mol. The Bertz CT molecular complexity index is 373. The van der Waals surface area contributed by atoms with Gasteiger partial charge in [-0.05, 0) is 58.8 Å². The third-order valence-corrected chi connectivity index (χ3v) is 4.81. The van der Waals surface area contributed by atoms with Crippen LogP contribution in [-0.2, 0) is 6.54 Å². The van der Waals surface area contributed by atoms with Gasteiger partial charge >= 0.3 is 0 Å². The van der Waals surface area contributed by atoms with E-state index in [1.807, 2.05) is 11.3 Å². The molecular weight excluding hydrogens is 278 g/mol. The second-order valence-corrected chi connectivity index (χ2v) is 6.56. The molecule has 0 spiro atoms. The van der Waals surface area contributed by atoms with Crippen molar-refractivity contribution >= 4 is 23.7 Å². The standard InChI is InChI=1S/C14H25N3S.ClH/c1-4-15-9-13-5-7-17(8-6-13)10-14-11(2)16-12(3)18-14;/h13,15H,4-10H2,1-3H3;1H. The summed E-state index contributed by atoms with van der Waals surface area (Å²) >= 11 is 1.86. The van der Waals surface area contributed by atoms with E-state index >= 15 is 0 Å². The summed E-state index contributed by atoms with van der Waals surface area (Å²) in [5, 5.41) is 4.67. The van der Waals surface area contributed by atoms with Crippen molar-refractivity contribution in [3.8, 4) is 0 Å². The van der Waals surface area contributed by atoms with Crippen molar-refractivity contribution in [3.63, 3.8) is 0 Å². The monoisotopic (exact) mass is 303 g/mol. The fourth-order valence-corrected chi connectivity index (χ4v) is 3.60. The predicted octanol–water partition coefficient (Wildman–Crippen LogP) is 3.00. The number of hydrogen-bond acceptors (Lipinski definition) is 4. The Hall–Kier alpha value is -0.160. The topological polar surface area (TPSA) is 28.2 Å². The van der Waals surface area contributed by atoms with Crippen molar-refractivity contribution in [2.24, 2.45) is 5.92 Å². The molecule has 0 saturated carbocycles. The van der Waals surface area contributed by atoms with E-state index in [-0.39, 0.29) is 12.4 Å². The number of hydrogen-bond donors (Lipinski definition) is 1. The van der Waals surface area contributed by atoms with Crippen LogP contribution in [0.3, 0.4) is 0 Å². The highest BCUT2D eigenvalue weighted by atomic mass is 35.5. The molecule has 2 heterocycles. The fourth-order valence-electron chi connectivity index (χ4n) is 2.62. The van der Waals surface area contributed by atoms with Gasteiger partial charge in [-0.2, -0.15) is 0 Å². The number of nitrogens with zero attached hydrogens (tertiary/aromatic N) is 2. The third kappa shape index (κ3) is 5.03. The second-order valence-electron chi connectivity index (χ2n) is 5.27. The lowest BCUT2D eigenvalue weighted by Gasteiger charge is -2.31. The fraction of sp³-hybridized carbons (Fsp3) is 0.786. The first kappa shape index (κ1) is 16.9. The van der Waals surface area contributed by atoms with Gasteiger partial charge in [-0.1, -0.05) is 6.92 Å². The summed E-state index contributed by atoms with van der Waals surface area (Å²) in [7, 11) is 0. The van der Waals surface area contributed by atoms with Crippen LogP contribution in [0.25, 0.3) is 0 Å². The van der Waals surface area contributed by atoms with Gasteiger partial charge in [0.15, 0.2) is 0 Å². The van der Waals surface area contributed by atoms with E-state index in [4.69, 9.17) is 0 Å². The van der Waals surface area contributed by atoms with Crippen molar-refractivity contribution in [3.05, 3.63) is 15.6 Å². The van der Waals surface area contributed by atoms with E-state index in [2.05, 4.69) is 36.0 Å². The zero-order valence-corrected chi connectivity index (χ0v) is 13.9. The summed E-state index contributed by atoms with van der Waals surface area (Å²) in [5.41, 5.74) is 1.23. The summed E-state index contributed by atoms with van der Waals surface area (Å²) in [5.74, 6) is 0.880. The highest BCUT2D eigenvalue weighted by Gasteiger charge is 2.19. The maximum atomic E-state index is 4.51. The van der Waals surface area contributed by atoms with Crippen molar-refractivity contribution in [2.45, 2.75) is 40.2 Å². The average Bonchev–Trinajstić information content (AvgIpc) is 2.67. The lowest BCUT2D eigenvalue weighted by atomic mass is 9.97. The Morgan fingerprint density at radius 3 is 2.53 bits per heavy atom. The molecule has 1 N–H and O–H groups in total. The molecule has 0 bridgehead atoms. The summed E-state index contributed by atoms with van der Waals surface area (Å²) in [6.07, 6.45) is 2.67. The van der Waals surface area contributed by atoms with Crippen molar-refractivity contribution in [1.29, 1.82) is 0 Å². The van der Waals surface area contributed by atoms with Crippen LogP contribution in [0.15, 0.2) is 0 Å². The van der Waals surface area contributed by atoms with Crippen LogP contribution in [0, 0.1) is 19.8 Å². The molecule has 1 aromatic heterocycles. The van der Waals surface area contributed by atoms with Gasteiger partial charge in [-0.25, -0.2) is 4.98 Å². The molecular formula is C14H26ClN3S. The first-order valence-electron chi connectivity index (χ1n) is 7.05. The number of halogens is 1.